The van der Waals surface area contributed by atoms with E-state index in [4.69, 9.17) is 0 Å². The van der Waals surface area contributed by atoms with E-state index in [0.717, 1.165) is 0 Å². The van der Waals surface area contributed by atoms with Crippen LogP contribution in [0.3, 0.4) is 0 Å². The normalized spacial score (nSPS) is 25.4. The molecule has 5 nitrogen and oxygen atoms in total. The maximum absolute atomic E-state index is 11.3. The molecule has 0 bridgehead atoms. The Bertz CT molecular complexity index is 534. The third-order valence-electron chi connectivity index (χ3n) is 4.13. The van der Waals surface area contributed by atoms with E-state index >= 15 is 0 Å². The molecule has 1 aliphatic rings. The van der Waals surface area contributed by atoms with Crippen molar-refractivity contribution in [3.8, 4) is 24.3 Å². The first-order chi connectivity index (χ1) is 8.29. The molecule has 0 spiro atoms. The van der Waals surface area contributed by atoms with Gasteiger partial charge in [0.1, 0.15) is 5.78 Å². The number of rotatable bonds is 2. The highest BCUT2D eigenvalue weighted by Gasteiger charge is 2.79. The van der Waals surface area contributed by atoms with Crippen LogP contribution in [-0.4, -0.2) is 5.78 Å². The molecule has 0 unspecified atom stereocenters. The van der Waals surface area contributed by atoms with Gasteiger partial charge in [-0.2, -0.15) is 21.0 Å². The van der Waals surface area contributed by atoms with E-state index in [2.05, 4.69) is 0 Å². The molecule has 0 aromatic heterocycles. The number of hydrogen-bond donors (Lipinski definition) is 0. The number of carbonyl (C=O) groups is 1. The Morgan fingerprint density at radius 1 is 1.06 bits per heavy atom. The molecule has 0 radical (unpaired) electrons. The van der Waals surface area contributed by atoms with Crippen molar-refractivity contribution in [3.05, 3.63) is 0 Å². The van der Waals surface area contributed by atoms with Gasteiger partial charge in [-0.15, -0.1) is 0 Å². The van der Waals surface area contributed by atoms with Crippen LogP contribution in [-0.2, 0) is 4.79 Å². The van der Waals surface area contributed by atoms with Crippen molar-refractivity contribution in [2.45, 2.75) is 27.2 Å². The summed E-state index contributed by atoms with van der Waals surface area (Å²) in [4.78, 5) is 11.3. The molecule has 0 aromatic rings. The van der Waals surface area contributed by atoms with E-state index in [0.29, 0.717) is 0 Å². The summed E-state index contributed by atoms with van der Waals surface area (Å²) in [5, 5.41) is 37.1. The Balaban J connectivity index is 3.50. The molecule has 1 fully saturated rings. The summed E-state index contributed by atoms with van der Waals surface area (Å²) < 4.78 is 0. The molecule has 1 aliphatic carbocycles. The smallest absolute Gasteiger partial charge is 0.181 e. The molecule has 0 N–H and O–H groups in total. The highest BCUT2D eigenvalue weighted by Crippen LogP contribution is 2.71. The van der Waals surface area contributed by atoms with Gasteiger partial charge < -0.3 is 4.79 Å². The Kier molecular flexibility index (Phi) is 2.92. The van der Waals surface area contributed by atoms with Crippen molar-refractivity contribution in [3.63, 3.8) is 0 Å². The maximum atomic E-state index is 11.3. The summed E-state index contributed by atoms with van der Waals surface area (Å²) in [6.45, 7) is 4.67. The lowest BCUT2D eigenvalue weighted by Crippen LogP contribution is -2.68. The number of nitrogens with zero attached hydrogens (tertiary/aromatic N) is 4. The molecule has 0 aromatic carbocycles. The van der Waals surface area contributed by atoms with Crippen LogP contribution in [0.25, 0.3) is 0 Å². The van der Waals surface area contributed by atoms with E-state index in [1.165, 1.54) is 6.92 Å². The Hall–Kier alpha value is -2.37. The van der Waals surface area contributed by atoms with Crippen LogP contribution in [0.4, 0.5) is 0 Å². The second-order valence-corrected chi connectivity index (χ2v) is 5.19. The van der Waals surface area contributed by atoms with Gasteiger partial charge in [-0.05, 0) is 6.92 Å². The lowest BCUT2D eigenvalue weighted by Gasteiger charge is -2.61. The van der Waals surface area contributed by atoms with Crippen LogP contribution < -0.4 is 0 Å². The zero-order valence-electron chi connectivity index (χ0n) is 10.5. The number of Topliss-reactive ketones (excluding diaryl/α,β-unsaturated/α-hetero) is 1. The quantitative estimate of drug-likeness (QED) is 0.728. The minimum absolute atomic E-state index is 0.0270. The van der Waals surface area contributed by atoms with Crippen molar-refractivity contribution in [1.82, 2.24) is 0 Å². The van der Waals surface area contributed by atoms with Gasteiger partial charge in [-0.25, -0.2) is 0 Å². The monoisotopic (exact) mass is 240 g/mol. The average molecular weight is 240 g/mol. The van der Waals surface area contributed by atoms with Crippen LogP contribution in [0.2, 0.25) is 0 Å². The van der Waals surface area contributed by atoms with Crippen LogP contribution in [0.15, 0.2) is 0 Å². The Morgan fingerprint density at radius 2 is 1.50 bits per heavy atom. The van der Waals surface area contributed by atoms with Crippen LogP contribution in [0.5, 0.6) is 0 Å². The maximum Gasteiger partial charge on any atom is 0.181 e. The molecule has 1 atom stereocenters. The molecule has 5 heteroatoms. The molecular formula is C13H12N4O. The largest absolute Gasteiger partial charge is 0.300 e. The second-order valence-electron chi connectivity index (χ2n) is 5.19. The van der Waals surface area contributed by atoms with Crippen molar-refractivity contribution in [2.24, 2.45) is 22.2 Å². The van der Waals surface area contributed by atoms with E-state index in [1.807, 2.05) is 24.3 Å². The predicted molar refractivity (Wildman–Crippen MR) is 59.9 cm³/mol. The number of ketones is 1. The van der Waals surface area contributed by atoms with Gasteiger partial charge >= 0.3 is 0 Å². The molecule has 0 heterocycles. The first kappa shape index (κ1) is 13.7. The van der Waals surface area contributed by atoms with Crippen molar-refractivity contribution >= 4 is 5.78 Å². The minimum atomic E-state index is -1.73. The zero-order valence-corrected chi connectivity index (χ0v) is 10.5. The number of hydrogen-bond acceptors (Lipinski definition) is 5. The molecule has 90 valence electrons. The summed E-state index contributed by atoms with van der Waals surface area (Å²) >= 11 is 0. The van der Waals surface area contributed by atoms with Crippen molar-refractivity contribution in [1.29, 1.82) is 21.0 Å². The lowest BCUT2D eigenvalue weighted by molar-refractivity contribution is -0.147. The van der Waals surface area contributed by atoms with Gasteiger partial charge in [-0.3, -0.25) is 0 Å². The molecule has 18 heavy (non-hydrogen) atoms. The third-order valence-corrected chi connectivity index (χ3v) is 4.13. The molecular weight excluding hydrogens is 228 g/mol. The summed E-state index contributed by atoms with van der Waals surface area (Å²) in [6.07, 6.45) is 0.0270. The summed E-state index contributed by atoms with van der Waals surface area (Å²) in [6, 6.07) is 7.29. The fourth-order valence-corrected chi connectivity index (χ4v) is 3.03. The lowest BCUT2D eigenvalue weighted by atomic mass is 9.33. The highest BCUT2D eigenvalue weighted by atomic mass is 16.1. The number of nitriles is 4. The van der Waals surface area contributed by atoms with E-state index in [1.54, 1.807) is 13.8 Å². The van der Waals surface area contributed by atoms with Crippen LogP contribution in [0.1, 0.15) is 27.2 Å². The standard InChI is InChI=1S/C13H12N4O/c1-9(18)4-10-11(2,3)13(7-16,8-17)12(10,5-14)6-15/h10H,4H2,1-3H3/t10-/m0/s1. The highest BCUT2D eigenvalue weighted by molar-refractivity contribution is 5.77. The summed E-state index contributed by atoms with van der Waals surface area (Å²) in [7, 11) is 0. The van der Waals surface area contributed by atoms with Gasteiger partial charge in [0.2, 0.25) is 0 Å². The van der Waals surface area contributed by atoms with E-state index in [-0.39, 0.29) is 12.2 Å². The first-order valence-corrected chi connectivity index (χ1v) is 5.44. The number of carbonyl (C=O) groups excluding carboxylic acids is 1. The summed E-state index contributed by atoms with van der Waals surface area (Å²) in [5.41, 5.74) is -4.29. The predicted octanol–water partition coefficient (Wildman–Crippen LogP) is 1.69. The van der Waals surface area contributed by atoms with Crippen molar-refractivity contribution < 1.29 is 4.79 Å². The molecule has 1 saturated carbocycles. The zero-order chi connectivity index (χ0) is 14.2. The fourth-order valence-electron chi connectivity index (χ4n) is 3.03. The first-order valence-electron chi connectivity index (χ1n) is 5.44. The second kappa shape index (κ2) is 3.83. The fraction of sp³-hybridized carbons (Fsp3) is 0.615. The molecule has 0 amide bonds. The molecule has 0 saturated heterocycles. The Morgan fingerprint density at radius 3 is 1.78 bits per heavy atom. The molecule has 1 rings (SSSR count). The van der Waals surface area contributed by atoms with Gasteiger partial charge in [0.15, 0.2) is 10.8 Å². The molecule has 0 aliphatic heterocycles. The van der Waals surface area contributed by atoms with Crippen LogP contribution >= 0.6 is 0 Å². The van der Waals surface area contributed by atoms with E-state index < -0.39 is 22.2 Å². The average Bonchev–Trinajstić information content (AvgIpc) is 2.33. The van der Waals surface area contributed by atoms with Gasteiger partial charge in [0.25, 0.3) is 0 Å². The minimum Gasteiger partial charge on any atom is -0.300 e. The van der Waals surface area contributed by atoms with Crippen molar-refractivity contribution in [2.75, 3.05) is 0 Å². The van der Waals surface area contributed by atoms with Gasteiger partial charge in [-0.1, -0.05) is 13.8 Å². The van der Waals surface area contributed by atoms with Gasteiger partial charge in [0.05, 0.1) is 24.3 Å². The summed E-state index contributed by atoms with van der Waals surface area (Å²) in [5.74, 6) is -0.760. The topological polar surface area (TPSA) is 112 Å². The Labute approximate surface area is 106 Å². The third kappa shape index (κ3) is 1.14. The van der Waals surface area contributed by atoms with Crippen LogP contribution in [0, 0.1) is 67.5 Å². The van der Waals surface area contributed by atoms with E-state index in [9.17, 15) is 25.8 Å². The SMILES string of the molecule is CC(=O)C[C@H]1C(C)(C)C(C#N)(C#N)C1(C#N)C#N. The van der Waals surface area contributed by atoms with Gasteiger partial charge in [0, 0.05) is 17.8 Å².